The van der Waals surface area contributed by atoms with Gasteiger partial charge in [0, 0.05) is 24.7 Å². The Morgan fingerprint density at radius 3 is 2.47 bits per heavy atom. The molecule has 0 aliphatic carbocycles. The van der Waals surface area contributed by atoms with Crippen molar-refractivity contribution in [3.8, 4) is 0 Å². The highest BCUT2D eigenvalue weighted by molar-refractivity contribution is 9.10. The van der Waals surface area contributed by atoms with Crippen LogP contribution >= 0.6 is 15.9 Å². The molecule has 0 bridgehead atoms. The zero-order valence-electron chi connectivity index (χ0n) is 11.9. The first-order chi connectivity index (χ1) is 9.02. The lowest BCUT2D eigenvalue weighted by atomic mass is 10.1. The summed E-state index contributed by atoms with van der Waals surface area (Å²) in [4.78, 5) is 14.2. The van der Waals surface area contributed by atoms with E-state index < -0.39 is 0 Å². The first kappa shape index (κ1) is 16.2. The van der Waals surface area contributed by atoms with Gasteiger partial charge >= 0.3 is 0 Å². The van der Waals surface area contributed by atoms with Gasteiger partial charge < -0.3 is 9.64 Å². The van der Waals surface area contributed by atoms with Crippen molar-refractivity contribution >= 4 is 21.8 Å². The number of methoxy groups -OCH3 is 1. The van der Waals surface area contributed by atoms with Crippen LogP contribution in [0.1, 0.15) is 19.4 Å². The van der Waals surface area contributed by atoms with Crippen LogP contribution in [0.5, 0.6) is 0 Å². The highest BCUT2D eigenvalue weighted by Crippen LogP contribution is 2.12. The van der Waals surface area contributed by atoms with Crippen LogP contribution in [0.25, 0.3) is 0 Å². The van der Waals surface area contributed by atoms with Crippen molar-refractivity contribution in [3.63, 3.8) is 0 Å². The fourth-order valence-electron chi connectivity index (χ4n) is 1.85. The number of hydrogen-bond acceptors (Lipinski definition) is 2. The number of carbonyl (C=O) groups is 1. The number of amides is 1. The molecule has 0 atom stereocenters. The number of halogens is 1. The van der Waals surface area contributed by atoms with Crippen molar-refractivity contribution in [1.29, 1.82) is 0 Å². The lowest BCUT2D eigenvalue weighted by Gasteiger charge is -2.24. The van der Waals surface area contributed by atoms with E-state index in [1.165, 1.54) is 0 Å². The quantitative estimate of drug-likeness (QED) is 0.770. The minimum Gasteiger partial charge on any atom is -0.383 e. The number of nitrogens with zero attached hydrogens (tertiary/aromatic N) is 1. The van der Waals surface area contributed by atoms with Gasteiger partial charge in [-0.15, -0.1) is 0 Å². The predicted molar refractivity (Wildman–Crippen MR) is 81.1 cm³/mol. The summed E-state index contributed by atoms with van der Waals surface area (Å²) in [5, 5.41) is 0. The molecule has 1 rings (SSSR count). The fraction of sp³-hybridized carbons (Fsp3) is 0.533. The van der Waals surface area contributed by atoms with Gasteiger partial charge in [0.1, 0.15) is 0 Å². The maximum absolute atomic E-state index is 12.3. The zero-order chi connectivity index (χ0) is 14.3. The van der Waals surface area contributed by atoms with E-state index in [-0.39, 0.29) is 5.91 Å². The Morgan fingerprint density at radius 1 is 1.32 bits per heavy atom. The van der Waals surface area contributed by atoms with Crippen molar-refractivity contribution in [2.75, 3.05) is 26.8 Å². The van der Waals surface area contributed by atoms with E-state index in [1.807, 2.05) is 29.2 Å². The summed E-state index contributed by atoms with van der Waals surface area (Å²) >= 11 is 3.40. The summed E-state index contributed by atoms with van der Waals surface area (Å²) in [5.41, 5.74) is 1.04. The molecule has 0 spiro atoms. The molecular formula is C15H22BrNO2. The number of hydrogen-bond donors (Lipinski definition) is 0. The van der Waals surface area contributed by atoms with Crippen molar-refractivity contribution in [3.05, 3.63) is 34.3 Å². The summed E-state index contributed by atoms with van der Waals surface area (Å²) < 4.78 is 6.10. The van der Waals surface area contributed by atoms with E-state index in [9.17, 15) is 4.79 Å². The molecule has 106 valence electrons. The average Bonchev–Trinajstić information content (AvgIpc) is 2.36. The first-order valence-electron chi connectivity index (χ1n) is 6.54. The Hall–Kier alpha value is -0.870. The third-order valence-corrected chi connectivity index (χ3v) is 3.30. The van der Waals surface area contributed by atoms with Gasteiger partial charge in [0.05, 0.1) is 13.0 Å². The van der Waals surface area contributed by atoms with E-state index in [0.29, 0.717) is 25.5 Å². The molecule has 0 aliphatic heterocycles. The van der Waals surface area contributed by atoms with Gasteiger partial charge in [-0.3, -0.25) is 4.79 Å². The van der Waals surface area contributed by atoms with E-state index in [1.54, 1.807) is 7.11 Å². The highest BCUT2D eigenvalue weighted by atomic mass is 79.9. The molecular weight excluding hydrogens is 306 g/mol. The first-order valence-corrected chi connectivity index (χ1v) is 7.33. The number of rotatable bonds is 7. The molecule has 0 N–H and O–H groups in total. The van der Waals surface area contributed by atoms with Gasteiger partial charge in [-0.25, -0.2) is 0 Å². The van der Waals surface area contributed by atoms with Crippen molar-refractivity contribution in [2.24, 2.45) is 5.92 Å². The minimum atomic E-state index is 0.160. The Morgan fingerprint density at radius 2 is 1.95 bits per heavy atom. The Bertz CT molecular complexity index is 390. The Kier molecular flexibility index (Phi) is 7.10. The van der Waals surface area contributed by atoms with Crippen LogP contribution in [-0.2, 0) is 16.0 Å². The second-order valence-electron chi connectivity index (χ2n) is 5.03. The van der Waals surface area contributed by atoms with Crippen molar-refractivity contribution in [2.45, 2.75) is 20.3 Å². The Labute approximate surface area is 124 Å². The molecule has 0 saturated heterocycles. The van der Waals surface area contributed by atoms with E-state index >= 15 is 0 Å². The molecule has 0 heterocycles. The van der Waals surface area contributed by atoms with Crippen LogP contribution < -0.4 is 0 Å². The second kappa shape index (κ2) is 8.33. The lowest BCUT2D eigenvalue weighted by molar-refractivity contribution is -0.131. The molecule has 4 heteroatoms. The number of ether oxygens (including phenoxy) is 1. The molecule has 1 aromatic rings. The monoisotopic (exact) mass is 327 g/mol. The summed E-state index contributed by atoms with van der Waals surface area (Å²) in [5.74, 6) is 0.624. The number of benzene rings is 1. The van der Waals surface area contributed by atoms with Crippen LogP contribution in [0.4, 0.5) is 0 Å². The summed E-state index contributed by atoms with van der Waals surface area (Å²) in [6.07, 6.45) is 0.448. The van der Waals surface area contributed by atoms with Crippen LogP contribution in [0.2, 0.25) is 0 Å². The molecule has 19 heavy (non-hydrogen) atoms. The molecule has 1 amide bonds. The average molecular weight is 328 g/mol. The molecule has 0 saturated carbocycles. The van der Waals surface area contributed by atoms with Gasteiger partial charge in [0.2, 0.25) is 5.91 Å². The molecule has 0 fully saturated rings. The van der Waals surface area contributed by atoms with Crippen LogP contribution in [0.3, 0.4) is 0 Å². The largest absolute Gasteiger partial charge is 0.383 e. The zero-order valence-corrected chi connectivity index (χ0v) is 13.4. The third kappa shape index (κ3) is 6.21. The van der Waals surface area contributed by atoms with E-state index in [2.05, 4.69) is 29.8 Å². The van der Waals surface area contributed by atoms with Gasteiger partial charge in [-0.1, -0.05) is 41.9 Å². The predicted octanol–water partition coefficient (Wildman–Crippen LogP) is 3.12. The topological polar surface area (TPSA) is 29.5 Å². The lowest BCUT2D eigenvalue weighted by Crippen LogP contribution is -2.37. The second-order valence-corrected chi connectivity index (χ2v) is 5.95. The van der Waals surface area contributed by atoms with Crippen LogP contribution in [0, 0.1) is 5.92 Å². The van der Waals surface area contributed by atoms with Crippen LogP contribution in [0.15, 0.2) is 28.7 Å². The molecule has 1 aromatic carbocycles. The van der Waals surface area contributed by atoms with Gasteiger partial charge in [0.25, 0.3) is 0 Å². The summed E-state index contributed by atoms with van der Waals surface area (Å²) in [7, 11) is 1.66. The van der Waals surface area contributed by atoms with E-state index in [0.717, 1.165) is 16.6 Å². The highest BCUT2D eigenvalue weighted by Gasteiger charge is 2.15. The van der Waals surface area contributed by atoms with Gasteiger partial charge in [-0.05, 0) is 23.6 Å². The van der Waals surface area contributed by atoms with E-state index in [4.69, 9.17) is 4.74 Å². The maximum Gasteiger partial charge on any atom is 0.227 e. The normalized spacial score (nSPS) is 10.8. The number of carbonyl (C=O) groups excluding carboxylic acids is 1. The smallest absolute Gasteiger partial charge is 0.227 e. The maximum atomic E-state index is 12.3. The van der Waals surface area contributed by atoms with Crippen molar-refractivity contribution < 1.29 is 9.53 Å². The molecule has 0 aromatic heterocycles. The fourth-order valence-corrected chi connectivity index (χ4v) is 2.11. The molecule has 3 nitrogen and oxygen atoms in total. The van der Waals surface area contributed by atoms with Gasteiger partial charge in [0.15, 0.2) is 0 Å². The summed E-state index contributed by atoms with van der Waals surface area (Å²) in [6, 6.07) is 7.88. The Balaban J connectivity index is 2.62. The third-order valence-electron chi connectivity index (χ3n) is 2.77. The standard InChI is InChI=1S/C15H22BrNO2/c1-12(2)11-17(8-9-19-3)15(18)10-13-4-6-14(16)7-5-13/h4-7,12H,8-11H2,1-3H3. The molecule has 0 unspecified atom stereocenters. The van der Waals surface area contributed by atoms with Crippen LogP contribution in [-0.4, -0.2) is 37.6 Å². The molecule has 0 radical (unpaired) electrons. The SMILES string of the molecule is COCCN(CC(C)C)C(=O)Cc1ccc(Br)cc1. The molecule has 0 aliphatic rings. The van der Waals surface area contributed by atoms with Crippen molar-refractivity contribution in [1.82, 2.24) is 4.90 Å². The minimum absolute atomic E-state index is 0.160. The summed E-state index contributed by atoms with van der Waals surface area (Å²) in [6.45, 7) is 6.25. The van der Waals surface area contributed by atoms with Gasteiger partial charge in [-0.2, -0.15) is 0 Å².